The fraction of sp³-hybridized carbons (Fsp3) is 0.333. The number of benzene rings is 1. The Morgan fingerprint density at radius 3 is 2.77 bits per heavy atom. The molecule has 1 rings (SSSR count). The Balaban J connectivity index is 3.05. The lowest BCUT2D eigenvalue weighted by atomic mass is 10.1. The number of nitrogens with one attached hydrogen (secondary N) is 1. The molecule has 0 bridgehead atoms. The van der Waals surface area contributed by atoms with Crippen LogP contribution >= 0.6 is 0 Å². The van der Waals surface area contributed by atoms with Crippen molar-refractivity contribution in [1.29, 1.82) is 0 Å². The van der Waals surface area contributed by atoms with Crippen LogP contribution in [-0.2, 0) is 0 Å². The maximum Gasteiger partial charge on any atom is 0.0440 e. The predicted octanol–water partition coefficient (Wildman–Crippen LogP) is 3.46. The number of anilines is 1. The molecule has 0 aromatic heterocycles. The van der Waals surface area contributed by atoms with Gasteiger partial charge in [-0.15, -0.1) is 0 Å². The molecule has 1 nitrogen and oxygen atoms in total. The zero-order valence-electron chi connectivity index (χ0n) is 8.59. The van der Waals surface area contributed by atoms with Crippen molar-refractivity contribution in [2.24, 2.45) is 0 Å². The third-order valence-corrected chi connectivity index (χ3v) is 2.09. The van der Waals surface area contributed by atoms with E-state index >= 15 is 0 Å². The van der Waals surface area contributed by atoms with Crippen LogP contribution in [-0.4, -0.2) is 7.05 Å². The summed E-state index contributed by atoms with van der Waals surface area (Å²) in [6.07, 6.45) is 5.42. The molecule has 0 heterocycles. The number of aryl methyl sites for hydroxylation is 1. The third kappa shape index (κ3) is 2.35. The van der Waals surface area contributed by atoms with Crippen molar-refractivity contribution < 1.29 is 0 Å². The van der Waals surface area contributed by atoms with Crippen molar-refractivity contribution in [3.8, 4) is 0 Å². The Labute approximate surface area is 80.5 Å². The van der Waals surface area contributed by atoms with E-state index in [0.29, 0.717) is 0 Å². The normalized spacial score (nSPS) is 10.7. The second-order valence-electron chi connectivity index (χ2n) is 3.10. The van der Waals surface area contributed by atoms with Crippen LogP contribution in [0.3, 0.4) is 0 Å². The first-order valence-electron chi connectivity index (χ1n) is 4.73. The summed E-state index contributed by atoms with van der Waals surface area (Å²) in [4.78, 5) is 0. The molecule has 13 heavy (non-hydrogen) atoms. The lowest BCUT2D eigenvalue weighted by Crippen LogP contribution is -1.94. The summed E-state index contributed by atoms with van der Waals surface area (Å²) in [7, 11) is 1.96. The zero-order valence-corrected chi connectivity index (χ0v) is 8.59. The average molecular weight is 175 g/mol. The molecule has 0 aliphatic carbocycles. The summed E-state index contributed by atoms with van der Waals surface area (Å²) in [5.74, 6) is 0. The largest absolute Gasteiger partial charge is 0.387 e. The van der Waals surface area contributed by atoms with E-state index in [1.165, 1.54) is 16.8 Å². The van der Waals surface area contributed by atoms with Crippen LogP contribution in [0.5, 0.6) is 0 Å². The summed E-state index contributed by atoms with van der Waals surface area (Å²) < 4.78 is 0. The first-order chi connectivity index (χ1) is 6.29. The van der Waals surface area contributed by atoms with Gasteiger partial charge in [0.25, 0.3) is 0 Å². The molecule has 1 N–H and O–H groups in total. The smallest absolute Gasteiger partial charge is 0.0440 e. The Morgan fingerprint density at radius 2 is 2.15 bits per heavy atom. The fourth-order valence-corrected chi connectivity index (χ4v) is 1.42. The molecule has 0 atom stereocenters. The molecule has 0 aliphatic heterocycles. The second kappa shape index (κ2) is 4.70. The van der Waals surface area contributed by atoms with Crippen molar-refractivity contribution in [2.45, 2.75) is 20.3 Å². The van der Waals surface area contributed by atoms with Gasteiger partial charge in [-0.2, -0.15) is 0 Å². The highest BCUT2D eigenvalue weighted by molar-refractivity contribution is 5.69. The molecule has 0 spiro atoms. The van der Waals surface area contributed by atoms with E-state index < -0.39 is 0 Å². The van der Waals surface area contributed by atoms with Crippen molar-refractivity contribution >= 4 is 11.8 Å². The van der Waals surface area contributed by atoms with Gasteiger partial charge in [0, 0.05) is 12.7 Å². The summed E-state index contributed by atoms with van der Waals surface area (Å²) in [5, 5.41) is 3.22. The van der Waals surface area contributed by atoms with Crippen molar-refractivity contribution in [3.63, 3.8) is 0 Å². The molecule has 0 unspecified atom stereocenters. The molecule has 0 amide bonds. The van der Waals surface area contributed by atoms with Crippen molar-refractivity contribution in [1.82, 2.24) is 0 Å². The maximum absolute atomic E-state index is 3.22. The van der Waals surface area contributed by atoms with Gasteiger partial charge in [0.15, 0.2) is 0 Å². The van der Waals surface area contributed by atoms with Gasteiger partial charge in [0.05, 0.1) is 0 Å². The first kappa shape index (κ1) is 9.85. The number of allylic oxidation sites excluding steroid dienone is 1. The van der Waals surface area contributed by atoms with Crippen LogP contribution in [0.1, 0.15) is 24.5 Å². The first-order valence-corrected chi connectivity index (χ1v) is 4.73. The van der Waals surface area contributed by atoms with Crippen LogP contribution in [0.4, 0.5) is 5.69 Å². The number of rotatable bonds is 3. The highest BCUT2D eigenvalue weighted by Crippen LogP contribution is 2.21. The van der Waals surface area contributed by atoms with E-state index in [9.17, 15) is 0 Å². The van der Waals surface area contributed by atoms with Gasteiger partial charge in [-0.05, 0) is 24.5 Å². The molecule has 0 saturated heterocycles. The van der Waals surface area contributed by atoms with Gasteiger partial charge in [-0.3, -0.25) is 0 Å². The van der Waals surface area contributed by atoms with E-state index in [1.807, 2.05) is 7.05 Å². The Bertz CT molecular complexity index is 300. The molecule has 0 saturated carbocycles. The SMILES string of the molecule is CC/C=C\c1cccc(C)c1NC. The lowest BCUT2D eigenvalue weighted by molar-refractivity contribution is 1.23. The molecular weight excluding hydrogens is 158 g/mol. The summed E-state index contributed by atoms with van der Waals surface area (Å²) >= 11 is 0. The van der Waals surface area contributed by atoms with Crippen LogP contribution in [0, 0.1) is 6.92 Å². The minimum Gasteiger partial charge on any atom is -0.387 e. The van der Waals surface area contributed by atoms with Crippen LogP contribution in [0.2, 0.25) is 0 Å². The Hall–Kier alpha value is -1.24. The average Bonchev–Trinajstić information content (AvgIpc) is 2.15. The van der Waals surface area contributed by atoms with E-state index in [1.54, 1.807) is 0 Å². The van der Waals surface area contributed by atoms with Gasteiger partial charge in [-0.25, -0.2) is 0 Å². The molecular formula is C12H17N. The van der Waals surface area contributed by atoms with Crippen molar-refractivity contribution in [2.75, 3.05) is 12.4 Å². The number of para-hydroxylation sites is 1. The Morgan fingerprint density at radius 1 is 1.38 bits per heavy atom. The summed E-state index contributed by atoms with van der Waals surface area (Å²) in [6, 6.07) is 6.34. The minimum atomic E-state index is 1.08. The summed E-state index contributed by atoms with van der Waals surface area (Å²) in [6.45, 7) is 4.26. The van der Waals surface area contributed by atoms with Gasteiger partial charge < -0.3 is 5.32 Å². The van der Waals surface area contributed by atoms with E-state index in [0.717, 1.165) is 6.42 Å². The van der Waals surface area contributed by atoms with Gasteiger partial charge in [0.2, 0.25) is 0 Å². The van der Waals surface area contributed by atoms with Gasteiger partial charge in [-0.1, -0.05) is 37.3 Å². The van der Waals surface area contributed by atoms with Crippen LogP contribution < -0.4 is 5.32 Å². The van der Waals surface area contributed by atoms with Crippen molar-refractivity contribution in [3.05, 3.63) is 35.4 Å². The molecule has 1 aromatic carbocycles. The number of hydrogen-bond donors (Lipinski definition) is 1. The number of hydrogen-bond acceptors (Lipinski definition) is 1. The second-order valence-corrected chi connectivity index (χ2v) is 3.10. The minimum absolute atomic E-state index is 1.08. The highest BCUT2D eigenvalue weighted by Gasteiger charge is 1.98. The summed E-state index contributed by atoms with van der Waals surface area (Å²) in [5.41, 5.74) is 3.79. The molecule has 1 heteroatoms. The Kier molecular flexibility index (Phi) is 3.56. The third-order valence-electron chi connectivity index (χ3n) is 2.09. The monoisotopic (exact) mass is 175 g/mol. The molecule has 0 aliphatic rings. The van der Waals surface area contributed by atoms with Crippen LogP contribution in [0.15, 0.2) is 24.3 Å². The quantitative estimate of drug-likeness (QED) is 0.741. The van der Waals surface area contributed by atoms with E-state index in [4.69, 9.17) is 0 Å². The maximum atomic E-state index is 3.22. The van der Waals surface area contributed by atoms with Gasteiger partial charge in [0.1, 0.15) is 0 Å². The van der Waals surface area contributed by atoms with E-state index in [-0.39, 0.29) is 0 Å². The molecule has 1 aromatic rings. The van der Waals surface area contributed by atoms with E-state index in [2.05, 4.69) is 49.5 Å². The molecule has 0 radical (unpaired) electrons. The standard InChI is InChI=1S/C12H17N/c1-4-5-8-11-9-6-7-10(2)12(11)13-3/h5-9,13H,4H2,1-3H3/b8-5-. The molecule has 0 fully saturated rings. The topological polar surface area (TPSA) is 12.0 Å². The highest BCUT2D eigenvalue weighted by atomic mass is 14.8. The fourth-order valence-electron chi connectivity index (χ4n) is 1.42. The van der Waals surface area contributed by atoms with Crippen LogP contribution in [0.25, 0.3) is 6.08 Å². The zero-order chi connectivity index (χ0) is 9.68. The predicted molar refractivity (Wildman–Crippen MR) is 60.1 cm³/mol. The molecule has 70 valence electrons. The lowest BCUT2D eigenvalue weighted by Gasteiger charge is -2.08. The van der Waals surface area contributed by atoms with Gasteiger partial charge >= 0.3 is 0 Å².